The summed E-state index contributed by atoms with van der Waals surface area (Å²) in [5.41, 5.74) is 1.64. The SMILES string of the molecule is CNS(=O)(=O)c1cc(OC)c(OC)c(C(=O)NCC2CCCN2CC2=CCCCC2)c1. The van der Waals surface area contributed by atoms with Gasteiger partial charge < -0.3 is 14.8 Å². The third-order valence-corrected chi connectivity index (χ3v) is 7.46. The van der Waals surface area contributed by atoms with E-state index in [0.717, 1.165) is 32.4 Å². The van der Waals surface area contributed by atoms with E-state index < -0.39 is 10.0 Å². The standard InChI is InChI=1S/C22H33N3O5S/c1-23-31(27,28)18-12-19(21(30-3)20(13-18)29-2)22(26)24-14-17-10-7-11-25(17)15-16-8-5-4-6-9-16/h8,12-13,17,23H,4-7,9-11,14-15H2,1-3H3,(H,24,26). The fourth-order valence-electron chi connectivity index (χ4n) is 4.33. The first-order valence-electron chi connectivity index (χ1n) is 10.8. The lowest BCUT2D eigenvalue weighted by Crippen LogP contribution is -2.41. The summed E-state index contributed by atoms with van der Waals surface area (Å²) in [5, 5.41) is 2.98. The van der Waals surface area contributed by atoms with Crippen LogP contribution in [0.15, 0.2) is 28.7 Å². The molecule has 1 unspecified atom stereocenters. The van der Waals surface area contributed by atoms with Gasteiger partial charge in [0.15, 0.2) is 11.5 Å². The van der Waals surface area contributed by atoms with Crippen LogP contribution in [0.4, 0.5) is 0 Å². The van der Waals surface area contributed by atoms with Crippen LogP contribution in [0.1, 0.15) is 48.9 Å². The zero-order valence-electron chi connectivity index (χ0n) is 18.6. The van der Waals surface area contributed by atoms with E-state index in [-0.39, 0.29) is 33.9 Å². The number of amides is 1. The predicted molar refractivity (Wildman–Crippen MR) is 119 cm³/mol. The van der Waals surface area contributed by atoms with Gasteiger partial charge in [-0.3, -0.25) is 9.69 Å². The zero-order chi connectivity index (χ0) is 22.4. The number of methoxy groups -OCH3 is 2. The van der Waals surface area contributed by atoms with Crippen molar-refractivity contribution in [2.45, 2.75) is 49.5 Å². The van der Waals surface area contributed by atoms with Crippen molar-refractivity contribution in [2.75, 3.05) is 40.9 Å². The molecule has 1 amide bonds. The molecule has 1 saturated heterocycles. The van der Waals surface area contributed by atoms with Gasteiger partial charge in [-0.05, 0) is 58.2 Å². The quantitative estimate of drug-likeness (QED) is 0.559. The highest BCUT2D eigenvalue weighted by molar-refractivity contribution is 7.89. The van der Waals surface area contributed by atoms with Crippen molar-refractivity contribution in [1.29, 1.82) is 0 Å². The molecule has 2 N–H and O–H groups in total. The summed E-state index contributed by atoms with van der Waals surface area (Å²) in [7, 11) is 0.411. The Morgan fingerprint density at radius 3 is 2.65 bits per heavy atom. The molecular weight excluding hydrogens is 418 g/mol. The summed E-state index contributed by atoms with van der Waals surface area (Å²) in [6.07, 6.45) is 9.37. The molecule has 1 aliphatic heterocycles. The number of likely N-dealkylation sites (tertiary alicyclic amines) is 1. The molecule has 3 rings (SSSR count). The van der Waals surface area contributed by atoms with E-state index in [9.17, 15) is 13.2 Å². The number of benzene rings is 1. The van der Waals surface area contributed by atoms with Gasteiger partial charge in [0.05, 0.1) is 24.7 Å². The Morgan fingerprint density at radius 1 is 1.19 bits per heavy atom. The van der Waals surface area contributed by atoms with Crippen molar-refractivity contribution in [3.05, 3.63) is 29.3 Å². The summed E-state index contributed by atoms with van der Waals surface area (Å²) in [5.74, 6) is 0.0217. The minimum absolute atomic E-state index is 0.0514. The van der Waals surface area contributed by atoms with Crippen molar-refractivity contribution < 1.29 is 22.7 Å². The Kier molecular flexibility index (Phi) is 7.96. The number of rotatable bonds is 9. The molecule has 0 radical (unpaired) electrons. The van der Waals surface area contributed by atoms with Crippen LogP contribution in [0.25, 0.3) is 0 Å². The molecule has 1 aliphatic carbocycles. The molecule has 1 heterocycles. The average Bonchev–Trinajstić information content (AvgIpc) is 3.23. The Hall–Kier alpha value is -2.10. The van der Waals surface area contributed by atoms with Crippen LogP contribution < -0.4 is 19.5 Å². The molecule has 1 aromatic carbocycles. The van der Waals surface area contributed by atoms with Crippen LogP contribution in [0, 0.1) is 0 Å². The van der Waals surface area contributed by atoms with Gasteiger partial charge in [-0.2, -0.15) is 0 Å². The van der Waals surface area contributed by atoms with Gasteiger partial charge >= 0.3 is 0 Å². The molecule has 0 spiro atoms. The van der Waals surface area contributed by atoms with Gasteiger partial charge in [0, 0.05) is 25.2 Å². The normalized spacial score (nSPS) is 19.7. The Morgan fingerprint density at radius 2 is 2.00 bits per heavy atom. The molecule has 0 aromatic heterocycles. The maximum absolute atomic E-state index is 13.0. The third-order valence-electron chi connectivity index (χ3n) is 6.06. The first-order valence-corrected chi connectivity index (χ1v) is 12.3. The van der Waals surface area contributed by atoms with Gasteiger partial charge in [0.25, 0.3) is 5.91 Å². The van der Waals surface area contributed by atoms with E-state index in [4.69, 9.17) is 9.47 Å². The van der Waals surface area contributed by atoms with Crippen LogP contribution in [0.5, 0.6) is 11.5 Å². The maximum Gasteiger partial charge on any atom is 0.255 e. The largest absolute Gasteiger partial charge is 0.493 e. The van der Waals surface area contributed by atoms with Gasteiger partial charge in [-0.15, -0.1) is 0 Å². The van der Waals surface area contributed by atoms with Gasteiger partial charge in [-0.1, -0.05) is 11.6 Å². The molecule has 1 atom stereocenters. The molecular formula is C22H33N3O5S. The Bertz CT molecular complexity index is 929. The number of carbonyl (C=O) groups is 1. The first-order chi connectivity index (χ1) is 14.9. The number of hydrogen-bond acceptors (Lipinski definition) is 6. The predicted octanol–water partition coefficient (Wildman–Crippen LogP) is 2.31. The van der Waals surface area contributed by atoms with E-state index in [0.29, 0.717) is 6.54 Å². The number of allylic oxidation sites excluding steroid dienone is 1. The lowest BCUT2D eigenvalue weighted by atomic mass is 9.99. The van der Waals surface area contributed by atoms with Crippen molar-refractivity contribution in [3.63, 3.8) is 0 Å². The van der Waals surface area contributed by atoms with Crippen molar-refractivity contribution in [3.8, 4) is 11.5 Å². The smallest absolute Gasteiger partial charge is 0.255 e. The minimum Gasteiger partial charge on any atom is -0.493 e. The number of sulfonamides is 1. The third kappa shape index (κ3) is 5.58. The molecule has 0 saturated carbocycles. The van der Waals surface area contributed by atoms with Crippen molar-refractivity contribution in [1.82, 2.24) is 14.9 Å². The molecule has 8 nitrogen and oxygen atoms in total. The number of nitrogens with zero attached hydrogens (tertiary/aromatic N) is 1. The fourth-order valence-corrected chi connectivity index (χ4v) is 5.10. The molecule has 1 aromatic rings. The molecule has 31 heavy (non-hydrogen) atoms. The van der Waals surface area contributed by atoms with Crippen LogP contribution in [-0.2, 0) is 10.0 Å². The first kappa shape index (κ1) is 23.6. The summed E-state index contributed by atoms with van der Waals surface area (Å²) in [6, 6.07) is 2.93. The Balaban J connectivity index is 1.74. The summed E-state index contributed by atoms with van der Waals surface area (Å²) < 4.78 is 37.5. The Labute approximate surface area is 185 Å². The van der Waals surface area contributed by atoms with E-state index in [1.807, 2.05) is 0 Å². The molecule has 1 fully saturated rings. The molecule has 9 heteroatoms. The van der Waals surface area contributed by atoms with Crippen LogP contribution >= 0.6 is 0 Å². The average molecular weight is 452 g/mol. The van der Waals surface area contributed by atoms with E-state index >= 15 is 0 Å². The highest BCUT2D eigenvalue weighted by Crippen LogP contribution is 2.34. The lowest BCUT2D eigenvalue weighted by molar-refractivity contribution is 0.0938. The number of hydrogen-bond donors (Lipinski definition) is 2. The molecule has 2 aliphatic rings. The van der Waals surface area contributed by atoms with Crippen molar-refractivity contribution >= 4 is 15.9 Å². The van der Waals surface area contributed by atoms with Gasteiger partial charge in [0.2, 0.25) is 10.0 Å². The van der Waals surface area contributed by atoms with E-state index in [1.165, 1.54) is 58.2 Å². The number of carbonyl (C=O) groups excluding carboxylic acids is 1. The molecule has 0 bridgehead atoms. The minimum atomic E-state index is -3.75. The van der Waals surface area contributed by atoms with E-state index in [1.54, 1.807) is 0 Å². The maximum atomic E-state index is 13.0. The topological polar surface area (TPSA) is 97.0 Å². The van der Waals surface area contributed by atoms with Crippen LogP contribution in [0.3, 0.4) is 0 Å². The lowest BCUT2D eigenvalue weighted by Gasteiger charge is -2.27. The van der Waals surface area contributed by atoms with E-state index in [2.05, 4.69) is 21.0 Å². The number of ether oxygens (including phenoxy) is 2. The summed E-state index contributed by atoms with van der Waals surface area (Å²) in [4.78, 5) is 15.4. The van der Waals surface area contributed by atoms with Gasteiger partial charge in [-0.25, -0.2) is 13.1 Å². The zero-order valence-corrected chi connectivity index (χ0v) is 19.4. The summed E-state index contributed by atoms with van der Waals surface area (Å²) in [6.45, 7) is 2.50. The van der Waals surface area contributed by atoms with Crippen molar-refractivity contribution in [2.24, 2.45) is 0 Å². The monoisotopic (exact) mass is 451 g/mol. The number of nitrogens with one attached hydrogen (secondary N) is 2. The van der Waals surface area contributed by atoms with Gasteiger partial charge in [0.1, 0.15) is 0 Å². The second-order valence-corrected chi connectivity index (χ2v) is 9.89. The summed E-state index contributed by atoms with van der Waals surface area (Å²) >= 11 is 0. The fraction of sp³-hybridized carbons (Fsp3) is 0.591. The van der Waals surface area contributed by atoms with Crippen LogP contribution in [-0.4, -0.2) is 66.2 Å². The highest BCUT2D eigenvalue weighted by atomic mass is 32.2. The highest BCUT2D eigenvalue weighted by Gasteiger charge is 2.27. The second-order valence-electron chi connectivity index (χ2n) is 8.00. The second kappa shape index (κ2) is 10.5. The van der Waals surface area contributed by atoms with Crippen LogP contribution in [0.2, 0.25) is 0 Å². The molecule has 172 valence electrons.